The molecular formula is C14H20N2O3S. The van der Waals surface area contributed by atoms with Crippen molar-refractivity contribution in [2.45, 2.75) is 33.2 Å². The Balaban J connectivity index is 2.39. The lowest BCUT2D eigenvalue weighted by atomic mass is 10.0. The highest BCUT2D eigenvalue weighted by Crippen LogP contribution is 2.37. The minimum Gasteiger partial charge on any atom is -0.462 e. The van der Waals surface area contributed by atoms with Crippen LogP contribution in [0.5, 0.6) is 0 Å². The number of thiophene rings is 1. The van der Waals surface area contributed by atoms with Crippen molar-refractivity contribution in [2.24, 2.45) is 0 Å². The summed E-state index contributed by atoms with van der Waals surface area (Å²) in [7, 11) is 2.05. The van der Waals surface area contributed by atoms with E-state index in [0.29, 0.717) is 23.6 Å². The second kappa shape index (κ2) is 6.37. The molecule has 5 nitrogen and oxygen atoms in total. The highest BCUT2D eigenvalue weighted by Gasteiger charge is 2.28. The molecule has 2 heterocycles. The molecule has 1 aromatic rings. The van der Waals surface area contributed by atoms with E-state index in [1.165, 1.54) is 11.3 Å². The van der Waals surface area contributed by atoms with Gasteiger partial charge in [0, 0.05) is 24.4 Å². The Morgan fingerprint density at radius 3 is 2.80 bits per heavy atom. The van der Waals surface area contributed by atoms with E-state index < -0.39 is 0 Å². The van der Waals surface area contributed by atoms with Gasteiger partial charge in [-0.05, 0) is 26.0 Å². The van der Waals surface area contributed by atoms with Crippen LogP contribution < -0.4 is 5.32 Å². The van der Waals surface area contributed by atoms with E-state index in [4.69, 9.17) is 4.74 Å². The Labute approximate surface area is 122 Å². The van der Waals surface area contributed by atoms with E-state index in [0.717, 1.165) is 30.0 Å². The van der Waals surface area contributed by atoms with Gasteiger partial charge in [-0.2, -0.15) is 0 Å². The molecule has 1 aliphatic heterocycles. The Morgan fingerprint density at radius 2 is 2.15 bits per heavy atom. The molecule has 0 saturated heterocycles. The molecule has 0 unspecified atom stereocenters. The highest BCUT2D eigenvalue weighted by molar-refractivity contribution is 7.17. The van der Waals surface area contributed by atoms with Crippen LogP contribution >= 0.6 is 11.3 Å². The van der Waals surface area contributed by atoms with Gasteiger partial charge >= 0.3 is 5.97 Å². The van der Waals surface area contributed by atoms with Crippen LogP contribution in [0.3, 0.4) is 0 Å². The maximum absolute atomic E-state index is 12.2. The van der Waals surface area contributed by atoms with Crippen molar-refractivity contribution in [2.75, 3.05) is 25.5 Å². The number of anilines is 1. The summed E-state index contributed by atoms with van der Waals surface area (Å²) in [5.41, 5.74) is 1.60. The first-order valence-electron chi connectivity index (χ1n) is 6.86. The van der Waals surface area contributed by atoms with Gasteiger partial charge in [0.2, 0.25) is 5.91 Å². The normalized spacial score (nSPS) is 14.8. The summed E-state index contributed by atoms with van der Waals surface area (Å²) in [6.07, 6.45) is 1.21. The summed E-state index contributed by atoms with van der Waals surface area (Å²) in [5, 5.41) is 3.47. The van der Waals surface area contributed by atoms with Gasteiger partial charge in [-0.15, -0.1) is 11.3 Å². The molecule has 1 aliphatic rings. The van der Waals surface area contributed by atoms with Gasteiger partial charge < -0.3 is 15.0 Å². The van der Waals surface area contributed by atoms with Gasteiger partial charge in [-0.1, -0.05) is 6.92 Å². The molecule has 20 heavy (non-hydrogen) atoms. The monoisotopic (exact) mass is 296 g/mol. The van der Waals surface area contributed by atoms with E-state index in [2.05, 4.69) is 17.3 Å². The summed E-state index contributed by atoms with van der Waals surface area (Å²) in [6, 6.07) is 0. The van der Waals surface area contributed by atoms with Gasteiger partial charge in [0.1, 0.15) is 5.00 Å². The topological polar surface area (TPSA) is 58.6 Å². The minimum atomic E-state index is -0.332. The number of carbonyl (C=O) groups excluding carboxylic acids is 2. The quantitative estimate of drug-likeness (QED) is 0.866. The number of nitrogens with one attached hydrogen (secondary N) is 1. The van der Waals surface area contributed by atoms with E-state index >= 15 is 0 Å². The van der Waals surface area contributed by atoms with Crippen molar-refractivity contribution >= 4 is 28.2 Å². The number of fused-ring (bicyclic) bond motifs is 1. The van der Waals surface area contributed by atoms with Crippen molar-refractivity contribution in [3.8, 4) is 0 Å². The fraction of sp³-hybridized carbons (Fsp3) is 0.571. The first kappa shape index (κ1) is 15.0. The highest BCUT2D eigenvalue weighted by atomic mass is 32.1. The van der Waals surface area contributed by atoms with E-state index in [1.54, 1.807) is 13.8 Å². The molecule has 0 aromatic carbocycles. The SMILES string of the molecule is CCOC(=O)c1c(NC(=O)CC)sc2c1CCN(C)C2. The Kier molecular flexibility index (Phi) is 4.77. The minimum absolute atomic E-state index is 0.0810. The Hall–Kier alpha value is -1.40. The number of likely N-dealkylation sites (N-methyl/N-ethyl adjacent to an activating group) is 1. The Morgan fingerprint density at radius 1 is 1.40 bits per heavy atom. The number of hydrogen-bond donors (Lipinski definition) is 1. The third kappa shape index (κ3) is 3.02. The van der Waals surface area contributed by atoms with E-state index in [-0.39, 0.29) is 11.9 Å². The van der Waals surface area contributed by atoms with Crippen LogP contribution in [0.25, 0.3) is 0 Å². The van der Waals surface area contributed by atoms with Gasteiger partial charge in [0.25, 0.3) is 0 Å². The average Bonchev–Trinajstić information content (AvgIpc) is 2.75. The van der Waals surface area contributed by atoms with Crippen LogP contribution in [0, 0.1) is 0 Å². The van der Waals surface area contributed by atoms with Crippen molar-refractivity contribution in [1.82, 2.24) is 4.90 Å². The first-order valence-corrected chi connectivity index (χ1v) is 7.68. The zero-order valence-electron chi connectivity index (χ0n) is 12.1. The molecule has 6 heteroatoms. The molecule has 0 aliphatic carbocycles. The molecule has 0 atom stereocenters. The Bertz CT molecular complexity index is 525. The van der Waals surface area contributed by atoms with Crippen LogP contribution in [0.2, 0.25) is 0 Å². The summed E-state index contributed by atoms with van der Waals surface area (Å²) in [4.78, 5) is 27.1. The maximum Gasteiger partial charge on any atom is 0.341 e. The standard InChI is InChI=1S/C14H20N2O3S/c1-4-11(17)15-13-12(14(18)19-5-2)9-6-7-16(3)8-10(9)20-13/h4-8H2,1-3H3,(H,15,17). The first-order chi connectivity index (χ1) is 9.56. The number of rotatable bonds is 4. The summed E-state index contributed by atoms with van der Waals surface area (Å²) in [5.74, 6) is -0.413. The fourth-order valence-corrected chi connectivity index (χ4v) is 3.59. The van der Waals surface area contributed by atoms with Crippen LogP contribution in [-0.4, -0.2) is 37.0 Å². The van der Waals surface area contributed by atoms with Crippen LogP contribution in [0.1, 0.15) is 41.1 Å². The summed E-state index contributed by atoms with van der Waals surface area (Å²) < 4.78 is 5.14. The zero-order chi connectivity index (χ0) is 14.7. The summed E-state index contributed by atoms with van der Waals surface area (Å²) in [6.45, 7) is 5.64. The lowest BCUT2D eigenvalue weighted by molar-refractivity contribution is -0.115. The van der Waals surface area contributed by atoms with Gasteiger partial charge in [-0.25, -0.2) is 4.79 Å². The van der Waals surface area contributed by atoms with E-state index in [1.807, 2.05) is 0 Å². The molecule has 0 radical (unpaired) electrons. The third-order valence-electron chi connectivity index (χ3n) is 3.30. The number of hydrogen-bond acceptors (Lipinski definition) is 5. The van der Waals surface area contributed by atoms with Gasteiger partial charge in [0.05, 0.1) is 12.2 Å². The number of amides is 1. The molecule has 1 aromatic heterocycles. The number of carbonyl (C=O) groups is 2. The molecule has 0 fully saturated rings. The molecule has 0 saturated carbocycles. The molecule has 1 N–H and O–H groups in total. The lowest BCUT2D eigenvalue weighted by Gasteiger charge is -2.22. The molecule has 0 spiro atoms. The number of nitrogens with zero attached hydrogens (tertiary/aromatic N) is 1. The van der Waals surface area contributed by atoms with Gasteiger partial charge in [0.15, 0.2) is 0 Å². The van der Waals surface area contributed by atoms with Crippen LogP contribution in [0.15, 0.2) is 0 Å². The fourth-order valence-electron chi connectivity index (χ4n) is 2.25. The number of esters is 1. The smallest absolute Gasteiger partial charge is 0.341 e. The predicted molar refractivity (Wildman–Crippen MR) is 79.2 cm³/mol. The predicted octanol–water partition coefficient (Wildman–Crippen LogP) is 2.26. The maximum atomic E-state index is 12.2. The van der Waals surface area contributed by atoms with Gasteiger partial charge in [-0.3, -0.25) is 4.79 Å². The zero-order valence-corrected chi connectivity index (χ0v) is 12.9. The van der Waals surface area contributed by atoms with Crippen molar-refractivity contribution in [3.05, 3.63) is 16.0 Å². The second-order valence-corrected chi connectivity index (χ2v) is 5.92. The third-order valence-corrected chi connectivity index (χ3v) is 4.43. The summed E-state index contributed by atoms with van der Waals surface area (Å²) >= 11 is 1.49. The largest absolute Gasteiger partial charge is 0.462 e. The van der Waals surface area contributed by atoms with Crippen LogP contribution in [-0.2, 0) is 22.5 Å². The van der Waals surface area contributed by atoms with Crippen LogP contribution in [0.4, 0.5) is 5.00 Å². The molecule has 0 bridgehead atoms. The van der Waals surface area contributed by atoms with E-state index in [9.17, 15) is 9.59 Å². The van der Waals surface area contributed by atoms with Crippen molar-refractivity contribution in [3.63, 3.8) is 0 Å². The lowest BCUT2D eigenvalue weighted by Crippen LogP contribution is -2.26. The van der Waals surface area contributed by atoms with Crippen molar-refractivity contribution < 1.29 is 14.3 Å². The second-order valence-electron chi connectivity index (χ2n) is 4.82. The van der Waals surface area contributed by atoms with Crippen molar-refractivity contribution in [1.29, 1.82) is 0 Å². The molecule has 1 amide bonds. The average molecular weight is 296 g/mol. The number of ether oxygens (including phenoxy) is 1. The molecule has 2 rings (SSSR count). The molecule has 110 valence electrons. The molecular weight excluding hydrogens is 276 g/mol.